The standard InChI is InChI=1S/C21H37BrO2/c1-6-8-15(13(3)11-21(5,24)9-7-2)16-10-17(18(23)12-22)20-14(4)19(16)20/h13-17,19-20,24H,6-12H2,1-5H3/t13?,14-,15+,16+,17-,19-,20+,21?/m0/s1. The van der Waals surface area contributed by atoms with E-state index in [1.54, 1.807) is 0 Å². The molecule has 24 heavy (non-hydrogen) atoms. The minimum absolute atomic E-state index is 0.289. The number of hydrogen-bond acceptors (Lipinski definition) is 2. The van der Waals surface area contributed by atoms with Crippen molar-refractivity contribution in [3.63, 3.8) is 0 Å². The highest BCUT2D eigenvalue weighted by Gasteiger charge is 2.63. The molecule has 2 nitrogen and oxygen atoms in total. The van der Waals surface area contributed by atoms with Crippen LogP contribution >= 0.6 is 15.9 Å². The first-order chi connectivity index (χ1) is 11.3. The normalized spacial score (nSPS) is 36.7. The van der Waals surface area contributed by atoms with Crippen molar-refractivity contribution in [3.05, 3.63) is 0 Å². The first-order valence-corrected chi connectivity index (χ1v) is 11.2. The second-order valence-corrected chi connectivity index (χ2v) is 9.56. The van der Waals surface area contributed by atoms with Crippen molar-refractivity contribution in [3.8, 4) is 0 Å². The minimum Gasteiger partial charge on any atom is -0.390 e. The first kappa shape index (κ1) is 20.4. The fraction of sp³-hybridized carbons (Fsp3) is 0.952. The molecule has 0 heterocycles. The predicted octanol–water partition coefficient (Wildman–Crippen LogP) is 5.46. The van der Waals surface area contributed by atoms with Gasteiger partial charge in [-0.05, 0) is 61.7 Å². The average molecular weight is 401 g/mol. The van der Waals surface area contributed by atoms with Crippen LogP contribution in [-0.4, -0.2) is 21.8 Å². The number of halogens is 1. The van der Waals surface area contributed by atoms with Crippen LogP contribution < -0.4 is 0 Å². The van der Waals surface area contributed by atoms with Crippen LogP contribution in [0.5, 0.6) is 0 Å². The lowest BCUT2D eigenvalue weighted by Crippen LogP contribution is -2.33. The van der Waals surface area contributed by atoms with E-state index in [2.05, 4.69) is 43.6 Å². The Kier molecular flexibility index (Phi) is 6.98. The fourth-order valence-electron chi connectivity index (χ4n) is 6.09. The molecule has 2 aliphatic carbocycles. The molecule has 0 bridgehead atoms. The predicted molar refractivity (Wildman–Crippen MR) is 104 cm³/mol. The topological polar surface area (TPSA) is 37.3 Å². The summed E-state index contributed by atoms with van der Waals surface area (Å²) < 4.78 is 0. The van der Waals surface area contributed by atoms with Crippen LogP contribution in [0.3, 0.4) is 0 Å². The van der Waals surface area contributed by atoms with E-state index in [4.69, 9.17) is 0 Å². The molecule has 2 saturated carbocycles. The van der Waals surface area contributed by atoms with Gasteiger partial charge in [-0.2, -0.15) is 0 Å². The summed E-state index contributed by atoms with van der Waals surface area (Å²) in [5, 5.41) is 11.2. The maximum Gasteiger partial charge on any atom is 0.146 e. The van der Waals surface area contributed by atoms with Crippen molar-refractivity contribution in [2.45, 2.75) is 78.7 Å². The molecule has 0 saturated heterocycles. The largest absolute Gasteiger partial charge is 0.390 e. The van der Waals surface area contributed by atoms with Crippen LogP contribution in [0.15, 0.2) is 0 Å². The van der Waals surface area contributed by atoms with E-state index >= 15 is 0 Å². The lowest BCUT2D eigenvalue weighted by molar-refractivity contribution is -0.121. The molecule has 0 aromatic carbocycles. The zero-order valence-corrected chi connectivity index (χ0v) is 17.8. The van der Waals surface area contributed by atoms with Gasteiger partial charge in [-0.3, -0.25) is 4.79 Å². The van der Waals surface area contributed by atoms with E-state index in [0.717, 1.165) is 37.5 Å². The molecule has 0 aromatic rings. The first-order valence-electron chi connectivity index (χ1n) is 10.1. The molecule has 0 radical (unpaired) electrons. The van der Waals surface area contributed by atoms with Gasteiger partial charge in [0.25, 0.3) is 0 Å². The molecule has 2 rings (SSSR count). The van der Waals surface area contributed by atoms with Crippen molar-refractivity contribution >= 4 is 21.7 Å². The maximum absolute atomic E-state index is 12.3. The fourth-order valence-corrected chi connectivity index (χ4v) is 6.50. The van der Waals surface area contributed by atoms with Gasteiger partial charge in [0, 0.05) is 5.92 Å². The van der Waals surface area contributed by atoms with Gasteiger partial charge in [0.2, 0.25) is 0 Å². The summed E-state index contributed by atoms with van der Waals surface area (Å²) >= 11 is 3.38. The van der Waals surface area contributed by atoms with Crippen LogP contribution in [0.25, 0.3) is 0 Å². The highest BCUT2D eigenvalue weighted by Crippen LogP contribution is 2.66. The van der Waals surface area contributed by atoms with E-state index in [0.29, 0.717) is 34.8 Å². The number of ketones is 1. The number of fused-ring (bicyclic) bond motifs is 1. The number of alkyl halides is 1. The van der Waals surface area contributed by atoms with Gasteiger partial charge in [-0.15, -0.1) is 0 Å². The van der Waals surface area contributed by atoms with E-state index in [1.165, 1.54) is 12.8 Å². The Hall–Kier alpha value is 0.110. The number of Topliss-reactive ketones (excluding diaryl/α,β-unsaturated/α-hetero) is 1. The van der Waals surface area contributed by atoms with Crippen LogP contribution in [0.1, 0.15) is 73.1 Å². The monoisotopic (exact) mass is 400 g/mol. The number of carbonyl (C=O) groups excluding carboxylic acids is 1. The Morgan fingerprint density at radius 3 is 2.50 bits per heavy atom. The summed E-state index contributed by atoms with van der Waals surface area (Å²) in [5.74, 6) is 4.70. The van der Waals surface area contributed by atoms with E-state index in [-0.39, 0.29) is 5.92 Å². The highest BCUT2D eigenvalue weighted by molar-refractivity contribution is 9.09. The smallest absolute Gasteiger partial charge is 0.146 e. The molecule has 140 valence electrons. The maximum atomic E-state index is 12.3. The van der Waals surface area contributed by atoms with Crippen molar-refractivity contribution < 1.29 is 9.90 Å². The number of rotatable bonds is 10. The van der Waals surface area contributed by atoms with Crippen LogP contribution in [0.2, 0.25) is 0 Å². The van der Waals surface area contributed by atoms with Crippen molar-refractivity contribution in [1.29, 1.82) is 0 Å². The summed E-state index contributed by atoms with van der Waals surface area (Å²) in [6.45, 7) is 11.1. The van der Waals surface area contributed by atoms with Gasteiger partial charge in [0.15, 0.2) is 0 Å². The summed E-state index contributed by atoms with van der Waals surface area (Å²) in [7, 11) is 0. The molecule has 8 atom stereocenters. The molecular weight excluding hydrogens is 364 g/mol. The number of carbonyl (C=O) groups is 1. The molecule has 1 N–H and O–H groups in total. The molecule has 0 spiro atoms. The third-order valence-electron chi connectivity index (χ3n) is 7.00. The van der Waals surface area contributed by atoms with Gasteiger partial charge in [-0.1, -0.05) is 62.9 Å². The molecule has 0 amide bonds. The van der Waals surface area contributed by atoms with Gasteiger partial charge in [0.05, 0.1) is 10.9 Å². The third kappa shape index (κ3) is 4.26. The van der Waals surface area contributed by atoms with Gasteiger partial charge in [0.1, 0.15) is 5.78 Å². The van der Waals surface area contributed by atoms with E-state index < -0.39 is 5.60 Å². The Bertz CT molecular complexity index is 434. The lowest BCUT2D eigenvalue weighted by atomic mass is 9.71. The minimum atomic E-state index is -0.543. The lowest BCUT2D eigenvalue weighted by Gasteiger charge is -2.36. The zero-order valence-electron chi connectivity index (χ0n) is 16.2. The molecule has 2 aliphatic rings. The zero-order chi connectivity index (χ0) is 18.1. The summed E-state index contributed by atoms with van der Waals surface area (Å²) in [6, 6.07) is 0. The van der Waals surface area contributed by atoms with Crippen LogP contribution in [0.4, 0.5) is 0 Å². The van der Waals surface area contributed by atoms with Crippen molar-refractivity contribution in [2.24, 2.45) is 41.4 Å². The third-order valence-corrected chi connectivity index (χ3v) is 7.55. The molecule has 0 aromatic heterocycles. The second-order valence-electron chi connectivity index (χ2n) is 9.00. The SMILES string of the molecule is CCC[C@H](C(C)CC(C)(O)CCC)[C@H]1C[C@@H](C(=O)CBr)[C@H]2[C@@H](C)[C@@H]12. The van der Waals surface area contributed by atoms with Crippen LogP contribution in [-0.2, 0) is 4.79 Å². The van der Waals surface area contributed by atoms with Gasteiger partial charge < -0.3 is 5.11 Å². The average Bonchev–Trinajstić information content (AvgIpc) is 2.99. The van der Waals surface area contributed by atoms with Gasteiger partial charge >= 0.3 is 0 Å². The summed E-state index contributed by atoms with van der Waals surface area (Å²) in [4.78, 5) is 12.3. The molecule has 3 heteroatoms. The highest BCUT2D eigenvalue weighted by atomic mass is 79.9. The Morgan fingerprint density at radius 2 is 1.96 bits per heavy atom. The molecular formula is C21H37BrO2. The summed E-state index contributed by atoms with van der Waals surface area (Å²) in [6.07, 6.45) is 6.34. The quantitative estimate of drug-likeness (QED) is 0.494. The Balaban J connectivity index is 2.09. The summed E-state index contributed by atoms with van der Waals surface area (Å²) in [5.41, 5.74) is -0.543. The second kappa shape index (κ2) is 8.20. The van der Waals surface area contributed by atoms with Crippen LogP contribution in [0, 0.1) is 41.4 Å². The molecule has 2 unspecified atom stereocenters. The van der Waals surface area contributed by atoms with Crippen molar-refractivity contribution in [1.82, 2.24) is 0 Å². The Labute approximate surface area is 157 Å². The van der Waals surface area contributed by atoms with E-state index in [1.807, 2.05) is 6.92 Å². The Morgan fingerprint density at radius 1 is 1.29 bits per heavy atom. The molecule has 0 aliphatic heterocycles. The van der Waals surface area contributed by atoms with E-state index in [9.17, 15) is 9.90 Å². The van der Waals surface area contributed by atoms with Gasteiger partial charge in [-0.25, -0.2) is 0 Å². The molecule has 2 fully saturated rings. The number of hydrogen-bond donors (Lipinski definition) is 1. The number of aliphatic hydroxyl groups is 1. The van der Waals surface area contributed by atoms with Crippen molar-refractivity contribution in [2.75, 3.05) is 5.33 Å².